The Morgan fingerprint density at radius 2 is 2.17 bits per heavy atom. The third-order valence-electron chi connectivity index (χ3n) is 4.63. The number of nitrogens with zero attached hydrogens (tertiary/aromatic N) is 3. The molecular formula is C21H23N5OS2. The van der Waals surface area contributed by atoms with Gasteiger partial charge < -0.3 is 10.6 Å². The van der Waals surface area contributed by atoms with E-state index in [4.69, 9.17) is 0 Å². The van der Waals surface area contributed by atoms with Crippen LogP contribution >= 0.6 is 24.8 Å². The zero-order valence-corrected chi connectivity index (χ0v) is 17.9. The lowest BCUT2D eigenvalue weighted by atomic mass is 10.2. The third-order valence-corrected chi connectivity index (χ3v) is 5.67. The molecule has 0 aliphatic carbocycles. The number of anilines is 1. The molecule has 150 valence electrons. The first-order valence-electron chi connectivity index (χ1n) is 9.25. The first kappa shape index (κ1) is 21.1. The number of amides is 2. The van der Waals surface area contributed by atoms with Crippen LogP contribution in [0.1, 0.15) is 23.3 Å². The Kier molecular flexibility index (Phi) is 7.09. The fourth-order valence-electron chi connectivity index (χ4n) is 3.10. The molecule has 2 aromatic heterocycles. The van der Waals surface area contributed by atoms with Gasteiger partial charge in [0.15, 0.2) is 5.82 Å². The Morgan fingerprint density at radius 3 is 2.93 bits per heavy atom. The summed E-state index contributed by atoms with van der Waals surface area (Å²) in [5, 5.41) is 6.30. The van der Waals surface area contributed by atoms with Gasteiger partial charge in [0.05, 0.1) is 21.1 Å². The highest BCUT2D eigenvalue weighted by Crippen LogP contribution is 2.30. The first-order chi connectivity index (χ1) is 13.7. The number of urea groups is 1. The second-order valence-corrected chi connectivity index (χ2v) is 7.70. The number of carbonyl (C=O) groups is 1. The standard InChI is InChI=1S/C21H21N5OS.H2S/c1-26(21(27)23-13-15-6-3-2-4-7-15)20-19-18(24-14-25-20)12-17(28-19)10-9-16-8-5-11-22-16;/h2-4,6-7,12,14,16,22H,5,8,11,13H2,1H3,(H,23,27);1H2. The van der Waals surface area contributed by atoms with E-state index in [1.807, 2.05) is 36.4 Å². The zero-order chi connectivity index (χ0) is 19.3. The van der Waals surface area contributed by atoms with Crippen LogP contribution in [-0.2, 0) is 6.54 Å². The molecule has 0 bridgehead atoms. The normalized spacial score (nSPS) is 15.3. The topological polar surface area (TPSA) is 70.2 Å². The van der Waals surface area contributed by atoms with Gasteiger partial charge in [0.25, 0.3) is 0 Å². The Hall–Kier alpha value is -2.60. The summed E-state index contributed by atoms with van der Waals surface area (Å²) in [7, 11) is 1.72. The van der Waals surface area contributed by atoms with Crippen LogP contribution in [0.25, 0.3) is 10.2 Å². The van der Waals surface area contributed by atoms with Crippen LogP contribution in [0, 0.1) is 11.8 Å². The minimum absolute atomic E-state index is 0. The van der Waals surface area contributed by atoms with Crippen molar-refractivity contribution in [3.05, 3.63) is 53.2 Å². The van der Waals surface area contributed by atoms with Gasteiger partial charge in [-0.3, -0.25) is 4.90 Å². The van der Waals surface area contributed by atoms with Gasteiger partial charge in [-0.15, -0.1) is 11.3 Å². The van der Waals surface area contributed by atoms with Gasteiger partial charge in [0.1, 0.15) is 6.33 Å². The number of nitrogens with one attached hydrogen (secondary N) is 2. The second-order valence-electron chi connectivity index (χ2n) is 6.64. The molecule has 29 heavy (non-hydrogen) atoms. The molecule has 0 spiro atoms. The molecule has 4 rings (SSSR count). The summed E-state index contributed by atoms with van der Waals surface area (Å²) in [4.78, 5) is 23.7. The van der Waals surface area contributed by atoms with E-state index in [0.717, 1.165) is 33.6 Å². The van der Waals surface area contributed by atoms with Crippen molar-refractivity contribution in [1.82, 2.24) is 20.6 Å². The highest BCUT2D eigenvalue weighted by atomic mass is 32.1. The van der Waals surface area contributed by atoms with E-state index >= 15 is 0 Å². The lowest BCUT2D eigenvalue weighted by molar-refractivity contribution is 0.247. The highest BCUT2D eigenvalue weighted by molar-refractivity contribution is 7.59. The number of fused-ring (bicyclic) bond motifs is 1. The molecule has 3 aromatic rings. The molecule has 8 heteroatoms. The minimum Gasteiger partial charge on any atom is -0.334 e. The number of benzene rings is 1. The van der Waals surface area contributed by atoms with Crippen molar-refractivity contribution >= 4 is 46.9 Å². The third kappa shape index (κ3) is 5.07. The van der Waals surface area contributed by atoms with E-state index in [-0.39, 0.29) is 25.6 Å². The quantitative estimate of drug-likeness (QED) is 0.632. The number of aromatic nitrogens is 2. The van der Waals surface area contributed by atoms with Crippen LogP contribution in [-0.4, -0.2) is 35.6 Å². The number of carbonyl (C=O) groups excluding carboxylic acids is 1. The summed E-state index contributed by atoms with van der Waals surface area (Å²) in [5.41, 5.74) is 1.85. The van der Waals surface area contributed by atoms with Crippen LogP contribution in [0.5, 0.6) is 0 Å². The van der Waals surface area contributed by atoms with Crippen molar-refractivity contribution in [3.8, 4) is 11.8 Å². The maximum absolute atomic E-state index is 12.6. The number of hydrogen-bond donors (Lipinski definition) is 2. The SMILES string of the molecule is CN(C(=O)NCc1ccccc1)c1ncnc2cc(C#CC3CCCN3)sc12.S. The Morgan fingerprint density at radius 1 is 1.34 bits per heavy atom. The van der Waals surface area contributed by atoms with Crippen molar-refractivity contribution in [2.24, 2.45) is 0 Å². The summed E-state index contributed by atoms with van der Waals surface area (Å²) in [6.45, 7) is 1.50. The Bertz CT molecular complexity index is 1040. The molecule has 1 saturated heterocycles. The molecule has 1 aromatic carbocycles. The second kappa shape index (κ2) is 9.74. The zero-order valence-electron chi connectivity index (χ0n) is 16.1. The maximum atomic E-state index is 12.6. The van der Waals surface area contributed by atoms with Crippen LogP contribution < -0.4 is 15.5 Å². The number of thiophene rings is 1. The van der Waals surface area contributed by atoms with Gasteiger partial charge in [-0.25, -0.2) is 14.8 Å². The first-order valence-corrected chi connectivity index (χ1v) is 10.1. The van der Waals surface area contributed by atoms with Crippen LogP contribution in [0.4, 0.5) is 10.6 Å². The largest absolute Gasteiger partial charge is 0.334 e. The molecule has 1 aliphatic rings. The monoisotopic (exact) mass is 425 g/mol. The summed E-state index contributed by atoms with van der Waals surface area (Å²) < 4.78 is 0.864. The number of rotatable bonds is 3. The van der Waals surface area contributed by atoms with E-state index in [0.29, 0.717) is 12.4 Å². The molecule has 1 atom stereocenters. The van der Waals surface area contributed by atoms with Crippen molar-refractivity contribution in [2.75, 3.05) is 18.5 Å². The maximum Gasteiger partial charge on any atom is 0.323 e. The smallest absolute Gasteiger partial charge is 0.323 e. The van der Waals surface area contributed by atoms with Gasteiger partial charge in [-0.2, -0.15) is 13.5 Å². The summed E-state index contributed by atoms with van der Waals surface area (Å²) in [6, 6.07) is 11.8. The lowest BCUT2D eigenvalue weighted by Gasteiger charge is -2.17. The molecule has 2 amide bonds. The molecule has 2 N–H and O–H groups in total. The van der Waals surface area contributed by atoms with Gasteiger partial charge >= 0.3 is 6.03 Å². The lowest BCUT2D eigenvalue weighted by Crippen LogP contribution is -2.37. The molecule has 6 nitrogen and oxygen atoms in total. The predicted octanol–water partition coefficient (Wildman–Crippen LogP) is 3.25. The van der Waals surface area contributed by atoms with E-state index in [2.05, 4.69) is 32.4 Å². The summed E-state index contributed by atoms with van der Waals surface area (Å²) in [6.07, 6.45) is 3.75. The van der Waals surface area contributed by atoms with Gasteiger partial charge in [0.2, 0.25) is 0 Å². The predicted molar refractivity (Wildman–Crippen MR) is 123 cm³/mol. The fraction of sp³-hybridized carbons (Fsp3) is 0.286. The van der Waals surface area contributed by atoms with Crippen LogP contribution in [0.15, 0.2) is 42.7 Å². The molecule has 3 heterocycles. The molecular weight excluding hydrogens is 402 g/mol. The van der Waals surface area contributed by atoms with E-state index < -0.39 is 0 Å². The van der Waals surface area contributed by atoms with Crippen molar-refractivity contribution in [3.63, 3.8) is 0 Å². The molecule has 0 radical (unpaired) electrons. The minimum atomic E-state index is -0.208. The van der Waals surface area contributed by atoms with Crippen LogP contribution in [0.2, 0.25) is 0 Å². The van der Waals surface area contributed by atoms with Crippen molar-refractivity contribution in [2.45, 2.75) is 25.4 Å². The average Bonchev–Trinajstić information content (AvgIpc) is 3.39. The highest BCUT2D eigenvalue weighted by Gasteiger charge is 2.17. The fourth-order valence-corrected chi connectivity index (χ4v) is 4.09. The Balaban J connectivity index is 0.00000240. The molecule has 1 aliphatic heterocycles. The molecule has 1 unspecified atom stereocenters. The Labute approximate surface area is 181 Å². The van der Waals surface area contributed by atoms with E-state index in [9.17, 15) is 4.79 Å². The van der Waals surface area contributed by atoms with Crippen LogP contribution in [0.3, 0.4) is 0 Å². The molecule has 0 saturated carbocycles. The van der Waals surface area contributed by atoms with Crippen molar-refractivity contribution in [1.29, 1.82) is 0 Å². The van der Waals surface area contributed by atoms with Gasteiger partial charge in [-0.05, 0) is 31.0 Å². The van der Waals surface area contributed by atoms with Gasteiger partial charge in [0, 0.05) is 13.6 Å². The summed E-state index contributed by atoms with van der Waals surface area (Å²) in [5.74, 6) is 7.10. The molecule has 1 fully saturated rings. The van der Waals surface area contributed by atoms with Crippen molar-refractivity contribution < 1.29 is 4.79 Å². The number of hydrogen-bond acceptors (Lipinski definition) is 5. The average molecular weight is 426 g/mol. The van der Waals surface area contributed by atoms with E-state index in [1.165, 1.54) is 29.0 Å². The van der Waals surface area contributed by atoms with E-state index in [1.54, 1.807) is 7.05 Å². The van der Waals surface area contributed by atoms with Gasteiger partial charge in [-0.1, -0.05) is 42.2 Å². The summed E-state index contributed by atoms with van der Waals surface area (Å²) >= 11 is 1.52.